The summed E-state index contributed by atoms with van der Waals surface area (Å²) in [5.41, 5.74) is 1.42. The highest BCUT2D eigenvalue weighted by atomic mass is 16.3. The quantitative estimate of drug-likeness (QED) is 0.690. The first-order valence-electron chi connectivity index (χ1n) is 8.23. The third-order valence-corrected chi connectivity index (χ3v) is 4.35. The van der Waals surface area contributed by atoms with Gasteiger partial charge in [0.25, 0.3) is 5.91 Å². The van der Waals surface area contributed by atoms with Gasteiger partial charge >= 0.3 is 0 Å². The maximum absolute atomic E-state index is 13.1. The van der Waals surface area contributed by atoms with E-state index < -0.39 is 0 Å². The van der Waals surface area contributed by atoms with Crippen LogP contribution in [0, 0.1) is 5.92 Å². The second-order valence-electron chi connectivity index (χ2n) is 6.30. The molecule has 0 aliphatic heterocycles. The summed E-state index contributed by atoms with van der Waals surface area (Å²) >= 11 is 0. The Balaban J connectivity index is 1.83. The molecule has 0 saturated heterocycles. The van der Waals surface area contributed by atoms with Crippen LogP contribution in [0.4, 0.5) is 0 Å². The van der Waals surface area contributed by atoms with Gasteiger partial charge in [-0.2, -0.15) is 0 Å². The van der Waals surface area contributed by atoms with Gasteiger partial charge < -0.3 is 9.32 Å². The summed E-state index contributed by atoms with van der Waals surface area (Å²) < 4.78 is 6.98. The van der Waals surface area contributed by atoms with Crippen molar-refractivity contribution in [3.63, 3.8) is 0 Å². The fraction of sp³-hybridized carbons (Fsp3) is 0.333. The van der Waals surface area contributed by atoms with Crippen LogP contribution in [-0.4, -0.2) is 37.1 Å². The normalized spacial score (nSPS) is 12.3. The summed E-state index contributed by atoms with van der Waals surface area (Å²) in [4.78, 5) is 14.9. The molecule has 3 rings (SSSR count). The fourth-order valence-electron chi connectivity index (χ4n) is 2.53. The zero-order chi connectivity index (χ0) is 17.8. The number of hydrogen-bond donors (Lipinski definition) is 0. The minimum Gasteiger partial charge on any atom is -0.467 e. The van der Waals surface area contributed by atoms with Gasteiger partial charge in [-0.05, 0) is 59.7 Å². The number of tetrazole rings is 1. The minimum absolute atomic E-state index is 0.0270. The third kappa shape index (κ3) is 3.76. The van der Waals surface area contributed by atoms with E-state index in [-0.39, 0.29) is 11.9 Å². The molecule has 1 atom stereocenters. The average molecular weight is 339 g/mol. The van der Waals surface area contributed by atoms with Crippen LogP contribution >= 0.6 is 0 Å². The van der Waals surface area contributed by atoms with Gasteiger partial charge in [0.05, 0.1) is 18.5 Å². The first kappa shape index (κ1) is 16.9. The Kier molecular flexibility index (Phi) is 4.92. The third-order valence-electron chi connectivity index (χ3n) is 4.35. The van der Waals surface area contributed by atoms with E-state index in [2.05, 4.69) is 36.3 Å². The van der Waals surface area contributed by atoms with Crippen LogP contribution in [0.25, 0.3) is 5.69 Å². The first-order chi connectivity index (χ1) is 12.1. The van der Waals surface area contributed by atoms with Crippen molar-refractivity contribution in [3.8, 4) is 5.69 Å². The summed E-state index contributed by atoms with van der Waals surface area (Å²) in [5.74, 6) is 1.08. The van der Waals surface area contributed by atoms with E-state index in [1.807, 2.05) is 29.2 Å². The molecule has 0 spiro atoms. The van der Waals surface area contributed by atoms with E-state index in [4.69, 9.17) is 4.42 Å². The Labute approximate surface area is 146 Å². The number of nitrogens with zero attached hydrogens (tertiary/aromatic N) is 5. The lowest BCUT2D eigenvalue weighted by Crippen LogP contribution is -2.40. The Morgan fingerprint density at radius 1 is 1.20 bits per heavy atom. The van der Waals surface area contributed by atoms with Crippen molar-refractivity contribution in [2.75, 3.05) is 0 Å². The molecule has 1 aromatic carbocycles. The Hall–Kier alpha value is -2.96. The largest absolute Gasteiger partial charge is 0.467 e. The molecule has 3 aromatic rings. The van der Waals surface area contributed by atoms with Crippen molar-refractivity contribution in [3.05, 3.63) is 60.3 Å². The van der Waals surface area contributed by atoms with Gasteiger partial charge in [0.2, 0.25) is 0 Å². The molecule has 7 nitrogen and oxygen atoms in total. The van der Waals surface area contributed by atoms with E-state index in [9.17, 15) is 4.79 Å². The average Bonchev–Trinajstić information content (AvgIpc) is 3.32. The van der Waals surface area contributed by atoms with Crippen molar-refractivity contribution in [2.24, 2.45) is 5.92 Å². The number of benzene rings is 1. The van der Waals surface area contributed by atoms with E-state index in [0.29, 0.717) is 18.0 Å². The Morgan fingerprint density at radius 2 is 1.96 bits per heavy atom. The number of aromatic nitrogens is 4. The van der Waals surface area contributed by atoms with Crippen LogP contribution in [0.5, 0.6) is 0 Å². The molecule has 2 aromatic heterocycles. The van der Waals surface area contributed by atoms with E-state index in [1.54, 1.807) is 23.1 Å². The van der Waals surface area contributed by atoms with Gasteiger partial charge in [0.15, 0.2) is 0 Å². The summed E-state index contributed by atoms with van der Waals surface area (Å²) in [6.45, 7) is 6.71. The van der Waals surface area contributed by atoms with Gasteiger partial charge in [-0.25, -0.2) is 4.68 Å². The number of hydrogen-bond acceptors (Lipinski definition) is 5. The predicted molar refractivity (Wildman–Crippen MR) is 92.0 cm³/mol. The topological polar surface area (TPSA) is 77.0 Å². The fourth-order valence-corrected chi connectivity index (χ4v) is 2.53. The minimum atomic E-state index is -0.0270. The SMILES string of the molecule is CC(C)[C@@H](C)N(Cc1ccco1)C(=O)c1ccc(-n2cnnn2)cc1. The summed E-state index contributed by atoms with van der Waals surface area (Å²) in [6.07, 6.45) is 3.14. The van der Waals surface area contributed by atoms with Gasteiger partial charge in [-0.15, -0.1) is 5.10 Å². The molecule has 7 heteroatoms. The second kappa shape index (κ2) is 7.29. The molecule has 0 fully saturated rings. The highest BCUT2D eigenvalue weighted by Gasteiger charge is 2.24. The van der Waals surface area contributed by atoms with Crippen LogP contribution in [0.15, 0.2) is 53.4 Å². The molecule has 0 saturated carbocycles. The maximum atomic E-state index is 13.1. The second-order valence-corrected chi connectivity index (χ2v) is 6.30. The molecule has 1 amide bonds. The van der Waals surface area contributed by atoms with Crippen molar-refractivity contribution in [2.45, 2.75) is 33.4 Å². The van der Waals surface area contributed by atoms with Crippen LogP contribution in [-0.2, 0) is 6.54 Å². The summed E-state index contributed by atoms with van der Waals surface area (Å²) in [7, 11) is 0. The monoisotopic (exact) mass is 339 g/mol. The van der Waals surface area contributed by atoms with Crippen molar-refractivity contribution in [1.29, 1.82) is 0 Å². The maximum Gasteiger partial charge on any atom is 0.254 e. The molecular formula is C18H21N5O2. The van der Waals surface area contributed by atoms with E-state index in [1.165, 1.54) is 6.33 Å². The van der Waals surface area contributed by atoms with Crippen molar-refractivity contribution in [1.82, 2.24) is 25.1 Å². The van der Waals surface area contributed by atoms with Gasteiger partial charge in [-0.1, -0.05) is 13.8 Å². The Morgan fingerprint density at radius 3 is 2.52 bits per heavy atom. The zero-order valence-corrected chi connectivity index (χ0v) is 14.5. The highest BCUT2D eigenvalue weighted by Crippen LogP contribution is 2.19. The number of rotatable bonds is 6. The molecule has 130 valence electrons. The lowest BCUT2D eigenvalue weighted by atomic mass is 10.0. The number of carbonyl (C=O) groups excluding carboxylic acids is 1. The highest BCUT2D eigenvalue weighted by molar-refractivity contribution is 5.94. The number of carbonyl (C=O) groups is 1. The van der Waals surface area contributed by atoms with E-state index in [0.717, 1.165) is 11.4 Å². The summed E-state index contributed by atoms with van der Waals surface area (Å²) in [6, 6.07) is 11.0. The lowest BCUT2D eigenvalue weighted by Gasteiger charge is -2.31. The molecule has 0 N–H and O–H groups in total. The molecule has 25 heavy (non-hydrogen) atoms. The van der Waals surface area contributed by atoms with Crippen LogP contribution in [0.3, 0.4) is 0 Å². The molecule has 0 radical (unpaired) electrons. The molecule has 0 bridgehead atoms. The molecule has 0 aliphatic rings. The number of furan rings is 1. The predicted octanol–water partition coefficient (Wildman–Crippen LogP) is 2.94. The van der Waals surface area contributed by atoms with Crippen molar-refractivity contribution < 1.29 is 9.21 Å². The zero-order valence-electron chi connectivity index (χ0n) is 14.5. The molecule has 2 heterocycles. The van der Waals surface area contributed by atoms with E-state index >= 15 is 0 Å². The van der Waals surface area contributed by atoms with Gasteiger partial charge in [0.1, 0.15) is 12.1 Å². The summed E-state index contributed by atoms with van der Waals surface area (Å²) in [5, 5.41) is 11.1. The standard InChI is InChI=1S/C18H21N5O2/c1-13(2)14(3)22(11-17-5-4-10-25-17)18(24)15-6-8-16(9-7-15)23-12-19-20-21-23/h4-10,12-14H,11H2,1-3H3/t14-/m1/s1. The first-order valence-corrected chi connectivity index (χ1v) is 8.23. The van der Waals surface area contributed by atoms with Gasteiger partial charge in [-0.3, -0.25) is 4.79 Å². The van der Waals surface area contributed by atoms with Crippen LogP contribution in [0.2, 0.25) is 0 Å². The molecule has 0 aliphatic carbocycles. The lowest BCUT2D eigenvalue weighted by molar-refractivity contribution is 0.0611. The van der Waals surface area contributed by atoms with Crippen LogP contribution in [0.1, 0.15) is 36.9 Å². The van der Waals surface area contributed by atoms with Gasteiger partial charge in [0, 0.05) is 11.6 Å². The number of amides is 1. The van der Waals surface area contributed by atoms with Crippen LogP contribution < -0.4 is 0 Å². The molecular weight excluding hydrogens is 318 g/mol. The smallest absolute Gasteiger partial charge is 0.254 e. The van der Waals surface area contributed by atoms with Crippen molar-refractivity contribution >= 4 is 5.91 Å². The molecule has 0 unspecified atom stereocenters. The Bertz CT molecular complexity index is 795.